The minimum atomic E-state index is 0.551. The largest absolute Gasteiger partial charge is 0.497 e. The van der Waals surface area contributed by atoms with Gasteiger partial charge in [-0.25, -0.2) is 0 Å². The van der Waals surface area contributed by atoms with Gasteiger partial charge in [-0.3, -0.25) is 0 Å². The first-order chi connectivity index (χ1) is 8.78. The van der Waals surface area contributed by atoms with Crippen LogP contribution in [0.4, 0.5) is 5.69 Å². The number of hydrogen-bond acceptors (Lipinski definition) is 4. The van der Waals surface area contributed by atoms with Crippen LogP contribution in [0.2, 0.25) is 0 Å². The number of methoxy groups -OCH3 is 2. The zero-order valence-corrected chi connectivity index (χ0v) is 11.4. The minimum Gasteiger partial charge on any atom is -0.497 e. The second-order valence-corrected chi connectivity index (χ2v) is 4.61. The Morgan fingerprint density at radius 1 is 1.28 bits per heavy atom. The van der Waals surface area contributed by atoms with Crippen LogP contribution in [-0.2, 0) is 0 Å². The molecule has 0 aromatic heterocycles. The number of rotatable bonds is 4. The van der Waals surface area contributed by atoms with Gasteiger partial charge in [0.25, 0.3) is 0 Å². The highest BCUT2D eigenvalue weighted by Crippen LogP contribution is 2.33. The third-order valence-corrected chi connectivity index (χ3v) is 3.56. The molecule has 1 unspecified atom stereocenters. The average molecular weight is 250 g/mol. The van der Waals surface area contributed by atoms with E-state index in [1.165, 1.54) is 12.8 Å². The van der Waals surface area contributed by atoms with Crippen LogP contribution in [0.3, 0.4) is 0 Å². The predicted molar refractivity (Wildman–Crippen MR) is 73.8 cm³/mol. The minimum absolute atomic E-state index is 0.551. The number of ether oxygens (including phenoxy) is 2. The van der Waals surface area contributed by atoms with Crippen LogP contribution in [0.5, 0.6) is 11.5 Å². The third kappa shape index (κ3) is 2.70. The van der Waals surface area contributed by atoms with Gasteiger partial charge in [-0.1, -0.05) is 0 Å². The van der Waals surface area contributed by atoms with E-state index in [1.54, 1.807) is 14.2 Å². The van der Waals surface area contributed by atoms with Gasteiger partial charge in [0.2, 0.25) is 0 Å². The van der Waals surface area contributed by atoms with Crippen LogP contribution in [0.1, 0.15) is 12.8 Å². The summed E-state index contributed by atoms with van der Waals surface area (Å²) in [7, 11) is 5.43. The van der Waals surface area contributed by atoms with Crippen LogP contribution in [0.25, 0.3) is 0 Å². The standard InChI is InChI=1S/C14H22N2O2/c1-15-11-5-4-8-16(10-11)13-9-12(17-2)6-7-14(13)18-3/h6-7,9,11,15H,4-5,8,10H2,1-3H3. The summed E-state index contributed by atoms with van der Waals surface area (Å²) >= 11 is 0. The Balaban J connectivity index is 2.24. The lowest BCUT2D eigenvalue weighted by molar-refractivity contribution is 0.397. The molecule has 1 fully saturated rings. The zero-order chi connectivity index (χ0) is 13.0. The first kappa shape index (κ1) is 13.0. The lowest BCUT2D eigenvalue weighted by Crippen LogP contribution is -2.44. The number of anilines is 1. The average Bonchev–Trinajstić information content (AvgIpc) is 2.46. The first-order valence-corrected chi connectivity index (χ1v) is 6.42. The third-order valence-electron chi connectivity index (χ3n) is 3.56. The summed E-state index contributed by atoms with van der Waals surface area (Å²) in [5.41, 5.74) is 1.12. The fraction of sp³-hybridized carbons (Fsp3) is 0.571. The van der Waals surface area contributed by atoms with Gasteiger partial charge >= 0.3 is 0 Å². The number of piperidine rings is 1. The maximum absolute atomic E-state index is 5.45. The summed E-state index contributed by atoms with van der Waals surface area (Å²) in [5.74, 6) is 1.78. The topological polar surface area (TPSA) is 33.7 Å². The molecule has 1 atom stereocenters. The molecule has 2 rings (SSSR count). The summed E-state index contributed by atoms with van der Waals surface area (Å²) in [6.07, 6.45) is 2.44. The monoisotopic (exact) mass is 250 g/mol. The van der Waals surface area contributed by atoms with Gasteiger partial charge in [-0.2, -0.15) is 0 Å². The van der Waals surface area contributed by atoms with E-state index in [0.717, 1.165) is 30.3 Å². The second-order valence-electron chi connectivity index (χ2n) is 4.61. The highest BCUT2D eigenvalue weighted by atomic mass is 16.5. The Morgan fingerprint density at radius 2 is 2.11 bits per heavy atom. The van der Waals surface area contributed by atoms with Crippen LogP contribution in [0.15, 0.2) is 18.2 Å². The fourth-order valence-corrected chi connectivity index (χ4v) is 2.48. The summed E-state index contributed by atoms with van der Waals surface area (Å²) in [5, 5.41) is 3.36. The summed E-state index contributed by atoms with van der Waals surface area (Å²) in [6.45, 7) is 2.09. The molecular formula is C14H22N2O2. The van der Waals surface area contributed by atoms with Crippen LogP contribution >= 0.6 is 0 Å². The summed E-state index contributed by atoms with van der Waals surface area (Å²) in [6, 6.07) is 6.50. The van der Waals surface area contributed by atoms with Gasteiger partial charge in [-0.15, -0.1) is 0 Å². The van der Waals surface area contributed by atoms with Crippen molar-refractivity contribution in [2.75, 3.05) is 39.3 Å². The molecule has 0 saturated carbocycles. The van der Waals surface area contributed by atoms with E-state index in [1.807, 2.05) is 19.2 Å². The van der Waals surface area contributed by atoms with Crippen LogP contribution < -0.4 is 19.7 Å². The van der Waals surface area contributed by atoms with Crippen LogP contribution in [-0.4, -0.2) is 40.4 Å². The molecule has 1 N–H and O–H groups in total. The molecule has 100 valence electrons. The maximum atomic E-state index is 5.45. The van der Waals surface area contributed by atoms with Crippen molar-refractivity contribution in [2.24, 2.45) is 0 Å². The van der Waals surface area contributed by atoms with Crippen molar-refractivity contribution < 1.29 is 9.47 Å². The van der Waals surface area contributed by atoms with E-state index in [4.69, 9.17) is 9.47 Å². The molecule has 0 aliphatic carbocycles. The molecular weight excluding hydrogens is 228 g/mol. The van der Waals surface area contributed by atoms with Crippen molar-refractivity contribution in [1.29, 1.82) is 0 Å². The Morgan fingerprint density at radius 3 is 2.78 bits per heavy atom. The molecule has 0 amide bonds. The molecule has 1 aromatic carbocycles. The van der Waals surface area contributed by atoms with Crippen LogP contribution in [0, 0.1) is 0 Å². The molecule has 1 aliphatic heterocycles. The Labute approximate surface area is 109 Å². The number of likely N-dealkylation sites (N-methyl/N-ethyl adjacent to an activating group) is 1. The lowest BCUT2D eigenvalue weighted by atomic mass is 10.0. The van der Waals surface area contributed by atoms with Crippen molar-refractivity contribution in [1.82, 2.24) is 5.32 Å². The summed E-state index contributed by atoms with van der Waals surface area (Å²) < 4.78 is 10.7. The molecule has 4 heteroatoms. The van der Waals surface area contributed by atoms with Gasteiger partial charge < -0.3 is 19.7 Å². The number of hydrogen-bond donors (Lipinski definition) is 1. The SMILES string of the molecule is CNC1CCCN(c2cc(OC)ccc2OC)C1. The van der Waals surface area contributed by atoms with Gasteiger partial charge in [0.1, 0.15) is 11.5 Å². The fourth-order valence-electron chi connectivity index (χ4n) is 2.48. The smallest absolute Gasteiger partial charge is 0.142 e. The number of benzene rings is 1. The molecule has 0 radical (unpaired) electrons. The predicted octanol–water partition coefficient (Wildman–Crippen LogP) is 1.89. The van der Waals surface area contributed by atoms with E-state index in [9.17, 15) is 0 Å². The van der Waals surface area contributed by atoms with Crippen molar-refractivity contribution >= 4 is 5.69 Å². The Hall–Kier alpha value is -1.42. The van der Waals surface area contributed by atoms with E-state index < -0.39 is 0 Å². The first-order valence-electron chi connectivity index (χ1n) is 6.42. The molecule has 1 aliphatic rings. The highest BCUT2D eigenvalue weighted by molar-refractivity contribution is 5.62. The quantitative estimate of drug-likeness (QED) is 0.885. The van der Waals surface area contributed by atoms with E-state index in [-0.39, 0.29) is 0 Å². The molecule has 0 bridgehead atoms. The van der Waals surface area contributed by atoms with E-state index >= 15 is 0 Å². The maximum Gasteiger partial charge on any atom is 0.142 e. The van der Waals surface area contributed by atoms with Crippen molar-refractivity contribution in [3.63, 3.8) is 0 Å². The highest BCUT2D eigenvalue weighted by Gasteiger charge is 2.21. The van der Waals surface area contributed by atoms with Crippen molar-refractivity contribution in [2.45, 2.75) is 18.9 Å². The van der Waals surface area contributed by atoms with E-state index in [2.05, 4.69) is 16.3 Å². The molecule has 18 heavy (non-hydrogen) atoms. The summed E-state index contributed by atoms with van der Waals surface area (Å²) in [4.78, 5) is 2.37. The van der Waals surface area contributed by atoms with Gasteiger partial charge in [-0.05, 0) is 32.0 Å². The second kappa shape index (κ2) is 5.96. The molecule has 1 saturated heterocycles. The zero-order valence-electron chi connectivity index (χ0n) is 11.4. The number of nitrogens with one attached hydrogen (secondary N) is 1. The molecule has 1 aromatic rings. The van der Waals surface area contributed by atoms with Crippen molar-refractivity contribution in [3.05, 3.63) is 18.2 Å². The molecule has 1 heterocycles. The molecule has 0 spiro atoms. The van der Waals surface area contributed by atoms with Gasteiger partial charge in [0, 0.05) is 25.2 Å². The lowest BCUT2D eigenvalue weighted by Gasteiger charge is -2.35. The number of nitrogens with zero attached hydrogens (tertiary/aromatic N) is 1. The van der Waals surface area contributed by atoms with Crippen molar-refractivity contribution in [3.8, 4) is 11.5 Å². The normalized spacial score (nSPS) is 19.7. The Bertz CT molecular complexity index is 395. The van der Waals surface area contributed by atoms with Gasteiger partial charge in [0.05, 0.1) is 19.9 Å². The van der Waals surface area contributed by atoms with E-state index in [0.29, 0.717) is 6.04 Å². The Kier molecular flexibility index (Phi) is 4.31. The molecule has 4 nitrogen and oxygen atoms in total. The van der Waals surface area contributed by atoms with Gasteiger partial charge in [0.15, 0.2) is 0 Å².